The van der Waals surface area contributed by atoms with Crippen molar-refractivity contribution < 1.29 is 9.90 Å². The molecule has 0 atom stereocenters. The summed E-state index contributed by atoms with van der Waals surface area (Å²) in [6, 6.07) is 1.68. The number of aromatic nitrogens is 3. The predicted octanol–water partition coefficient (Wildman–Crippen LogP) is 2.13. The Morgan fingerprint density at radius 2 is 2.00 bits per heavy atom. The lowest BCUT2D eigenvalue weighted by Crippen LogP contribution is -2.04. The number of H-pyrrole nitrogens is 1. The van der Waals surface area contributed by atoms with E-state index in [1.165, 1.54) is 0 Å². The lowest BCUT2D eigenvalue weighted by molar-refractivity contribution is 0.0696. The fraction of sp³-hybridized carbons (Fsp3) is 0.333. The van der Waals surface area contributed by atoms with Crippen molar-refractivity contribution in [3.63, 3.8) is 0 Å². The van der Waals surface area contributed by atoms with Gasteiger partial charge in [-0.3, -0.25) is 5.10 Å². The zero-order valence-electron chi connectivity index (χ0n) is 10.3. The van der Waals surface area contributed by atoms with Crippen molar-refractivity contribution in [2.24, 2.45) is 0 Å². The molecule has 0 aromatic carbocycles. The first-order valence-electron chi connectivity index (χ1n) is 5.37. The molecule has 0 aliphatic rings. The van der Waals surface area contributed by atoms with Gasteiger partial charge >= 0.3 is 5.97 Å². The fourth-order valence-corrected chi connectivity index (χ4v) is 2.20. The number of hydrogen-bond donors (Lipinski definition) is 2. The highest BCUT2D eigenvalue weighted by Gasteiger charge is 2.19. The summed E-state index contributed by atoms with van der Waals surface area (Å²) in [6.45, 7) is 7.53. The summed E-state index contributed by atoms with van der Waals surface area (Å²) in [7, 11) is 0. The van der Waals surface area contributed by atoms with Gasteiger partial charge in [0.1, 0.15) is 0 Å². The third kappa shape index (κ3) is 1.63. The summed E-state index contributed by atoms with van der Waals surface area (Å²) < 4.78 is 1.93. The van der Waals surface area contributed by atoms with E-state index < -0.39 is 5.97 Å². The normalized spacial score (nSPS) is 10.8. The van der Waals surface area contributed by atoms with E-state index in [4.69, 9.17) is 5.11 Å². The largest absolute Gasteiger partial charge is 0.478 e. The highest BCUT2D eigenvalue weighted by Crippen LogP contribution is 2.24. The third-order valence-electron chi connectivity index (χ3n) is 2.97. The van der Waals surface area contributed by atoms with E-state index in [0.29, 0.717) is 5.56 Å². The molecule has 2 aromatic rings. The number of carboxylic acids is 1. The average Bonchev–Trinajstić information content (AvgIpc) is 2.70. The van der Waals surface area contributed by atoms with Gasteiger partial charge in [-0.15, -0.1) is 0 Å². The second-order valence-corrected chi connectivity index (χ2v) is 4.21. The van der Waals surface area contributed by atoms with E-state index in [9.17, 15) is 4.79 Å². The molecule has 0 bridgehead atoms. The Morgan fingerprint density at radius 3 is 2.41 bits per heavy atom. The number of carbonyl (C=O) groups is 1. The minimum absolute atomic E-state index is 0.336. The predicted molar refractivity (Wildman–Crippen MR) is 63.8 cm³/mol. The summed E-state index contributed by atoms with van der Waals surface area (Å²) in [5.74, 6) is -0.900. The Kier molecular flexibility index (Phi) is 2.53. The van der Waals surface area contributed by atoms with Crippen molar-refractivity contribution in [2.45, 2.75) is 27.7 Å². The zero-order valence-corrected chi connectivity index (χ0v) is 10.3. The lowest BCUT2D eigenvalue weighted by atomic mass is 10.2. The van der Waals surface area contributed by atoms with Gasteiger partial charge in [-0.05, 0) is 33.8 Å². The van der Waals surface area contributed by atoms with E-state index in [2.05, 4.69) is 10.2 Å². The van der Waals surface area contributed by atoms with E-state index in [1.54, 1.807) is 6.07 Å². The van der Waals surface area contributed by atoms with Crippen molar-refractivity contribution in [3.05, 3.63) is 34.4 Å². The molecule has 17 heavy (non-hydrogen) atoms. The van der Waals surface area contributed by atoms with Gasteiger partial charge in [-0.2, -0.15) is 5.10 Å². The van der Waals surface area contributed by atoms with Crippen LogP contribution in [0.3, 0.4) is 0 Å². The molecule has 0 aliphatic carbocycles. The topological polar surface area (TPSA) is 70.9 Å². The Balaban J connectivity index is 2.73. The van der Waals surface area contributed by atoms with Crippen LogP contribution in [0.15, 0.2) is 6.07 Å². The van der Waals surface area contributed by atoms with Crippen LogP contribution in [0.25, 0.3) is 5.69 Å². The van der Waals surface area contributed by atoms with Crippen molar-refractivity contribution in [2.75, 3.05) is 0 Å². The van der Waals surface area contributed by atoms with Crippen LogP contribution in [0, 0.1) is 27.7 Å². The number of nitrogens with zero attached hydrogens (tertiary/aromatic N) is 2. The molecule has 2 aromatic heterocycles. The Hall–Kier alpha value is -2.04. The molecular formula is C12H15N3O2. The molecule has 2 heterocycles. The second kappa shape index (κ2) is 3.76. The first-order valence-corrected chi connectivity index (χ1v) is 5.37. The van der Waals surface area contributed by atoms with Gasteiger partial charge in [-0.25, -0.2) is 4.79 Å². The molecule has 5 heteroatoms. The SMILES string of the molecule is Cc1n[nH]c(C)c1-n1c(C)cc(C(=O)O)c1C. The highest BCUT2D eigenvalue weighted by molar-refractivity contribution is 5.89. The van der Waals surface area contributed by atoms with Crippen molar-refractivity contribution >= 4 is 5.97 Å². The van der Waals surface area contributed by atoms with E-state index in [0.717, 1.165) is 28.5 Å². The number of hydrogen-bond acceptors (Lipinski definition) is 2. The molecule has 0 saturated heterocycles. The van der Waals surface area contributed by atoms with E-state index in [-0.39, 0.29) is 0 Å². The zero-order chi connectivity index (χ0) is 12.7. The van der Waals surface area contributed by atoms with Crippen LogP contribution in [0.1, 0.15) is 33.1 Å². The Bertz CT molecular complexity index is 574. The maximum Gasteiger partial charge on any atom is 0.337 e. The van der Waals surface area contributed by atoms with Crippen molar-refractivity contribution in [1.29, 1.82) is 0 Å². The smallest absolute Gasteiger partial charge is 0.337 e. The van der Waals surface area contributed by atoms with Gasteiger partial charge in [0.2, 0.25) is 0 Å². The quantitative estimate of drug-likeness (QED) is 0.834. The number of aromatic carboxylic acids is 1. The van der Waals surface area contributed by atoms with Gasteiger partial charge in [0, 0.05) is 11.4 Å². The standard InChI is InChI=1S/C12H15N3O2/c1-6-5-10(12(16)17)9(4)15(6)11-7(2)13-14-8(11)3/h5H,1-4H3,(H,13,14)(H,16,17). The molecule has 2 N–H and O–H groups in total. The monoisotopic (exact) mass is 233 g/mol. The molecule has 0 spiro atoms. The molecule has 5 nitrogen and oxygen atoms in total. The van der Waals surface area contributed by atoms with Crippen LogP contribution < -0.4 is 0 Å². The molecule has 0 unspecified atom stereocenters. The number of aromatic amines is 1. The minimum Gasteiger partial charge on any atom is -0.478 e. The van der Waals surface area contributed by atoms with Gasteiger partial charge < -0.3 is 9.67 Å². The van der Waals surface area contributed by atoms with E-state index in [1.807, 2.05) is 32.3 Å². The Labute approximate surface area is 99.1 Å². The number of nitrogens with one attached hydrogen (secondary N) is 1. The number of carboxylic acid groups (broad SMARTS) is 1. The maximum atomic E-state index is 11.1. The molecule has 0 aliphatic heterocycles. The Morgan fingerprint density at radius 1 is 1.35 bits per heavy atom. The minimum atomic E-state index is -0.900. The van der Waals surface area contributed by atoms with Crippen LogP contribution in [-0.2, 0) is 0 Å². The van der Waals surface area contributed by atoms with Crippen molar-refractivity contribution in [3.8, 4) is 5.69 Å². The molecular weight excluding hydrogens is 218 g/mol. The van der Waals surface area contributed by atoms with Crippen LogP contribution in [0.4, 0.5) is 0 Å². The second-order valence-electron chi connectivity index (χ2n) is 4.21. The van der Waals surface area contributed by atoms with Crippen LogP contribution in [-0.4, -0.2) is 25.8 Å². The summed E-state index contributed by atoms with van der Waals surface area (Å²) in [5, 5.41) is 16.1. The molecule has 0 amide bonds. The summed E-state index contributed by atoms with van der Waals surface area (Å²) in [6.07, 6.45) is 0. The van der Waals surface area contributed by atoms with Crippen LogP contribution in [0.5, 0.6) is 0 Å². The third-order valence-corrected chi connectivity index (χ3v) is 2.97. The van der Waals surface area contributed by atoms with Gasteiger partial charge in [0.25, 0.3) is 0 Å². The molecule has 2 rings (SSSR count). The molecule has 0 saturated carbocycles. The van der Waals surface area contributed by atoms with Gasteiger partial charge in [0.15, 0.2) is 0 Å². The lowest BCUT2D eigenvalue weighted by Gasteiger charge is -2.09. The summed E-state index contributed by atoms with van der Waals surface area (Å²) in [4.78, 5) is 11.1. The number of aryl methyl sites for hydroxylation is 3. The average molecular weight is 233 g/mol. The van der Waals surface area contributed by atoms with Crippen LogP contribution in [0.2, 0.25) is 0 Å². The van der Waals surface area contributed by atoms with Crippen LogP contribution >= 0.6 is 0 Å². The fourth-order valence-electron chi connectivity index (χ4n) is 2.20. The number of rotatable bonds is 2. The van der Waals surface area contributed by atoms with Gasteiger partial charge in [0.05, 0.1) is 22.6 Å². The van der Waals surface area contributed by atoms with E-state index >= 15 is 0 Å². The summed E-state index contributed by atoms with van der Waals surface area (Å²) >= 11 is 0. The first kappa shape index (κ1) is 11.4. The molecule has 0 radical (unpaired) electrons. The molecule has 0 fully saturated rings. The molecule has 90 valence electrons. The summed E-state index contributed by atoms with van der Waals surface area (Å²) in [5.41, 5.74) is 4.69. The maximum absolute atomic E-state index is 11.1. The van der Waals surface area contributed by atoms with Crippen molar-refractivity contribution in [1.82, 2.24) is 14.8 Å². The first-order chi connectivity index (χ1) is 7.93. The highest BCUT2D eigenvalue weighted by atomic mass is 16.4. The van der Waals surface area contributed by atoms with Gasteiger partial charge in [-0.1, -0.05) is 0 Å².